The summed E-state index contributed by atoms with van der Waals surface area (Å²) in [5.41, 5.74) is 2.78. The minimum Gasteiger partial charge on any atom is -0.494 e. The molecule has 3 heterocycles. The number of rotatable bonds is 10. The van der Waals surface area contributed by atoms with Gasteiger partial charge in [-0.2, -0.15) is 10.2 Å². The maximum atomic E-state index is 12.6. The van der Waals surface area contributed by atoms with E-state index in [4.69, 9.17) is 13.9 Å². The van der Waals surface area contributed by atoms with Crippen molar-refractivity contribution in [3.05, 3.63) is 77.8 Å². The Hall–Kier alpha value is -4.01. The Balaban J connectivity index is 1.31. The Bertz CT molecular complexity index is 1210. The summed E-state index contributed by atoms with van der Waals surface area (Å²) in [6, 6.07) is 10.7. The Labute approximate surface area is 191 Å². The lowest BCUT2D eigenvalue weighted by molar-refractivity contribution is 0.0992. The number of nitrogens with zero attached hydrogens (tertiary/aromatic N) is 4. The Morgan fingerprint density at radius 3 is 2.48 bits per heavy atom. The lowest BCUT2D eigenvalue weighted by Gasteiger charge is -2.06. The van der Waals surface area contributed by atoms with Crippen molar-refractivity contribution in [2.24, 2.45) is 0 Å². The van der Waals surface area contributed by atoms with Gasteiger partial charge in [0.05, 0.1) is 31.2 Å². The number of hydrogen-bond donors (Lipinski definition) is 1. The van der Waals surface area contributed by atoms with Crippen molar-refractivity contribution in [2.45, 2.75) is 40.5 Å². The van der Waals surface area contributed by atoms with Gasteiger partial charge >= 0.3 is 0 Å². The molecule has 33 heavy (non-hydrogen) atoms. The van der Waals surface area contributed by atoms with Crippen molar-refractivity contribution in [3.63, 3.8) is 0 Å². The van der Waals surface area contributed by atoms with E-state index in [2.05, 4.69) is 22.4 Å². The lowest BCUT2D eigenvalue weighted by Crippen LogP contribution is -2.10. The van der Waals surface area contributed by atoms with Crippen LogP contribution in [0, 0.1) is 6.92 Å². The van der Waals surface area contributed by atoms with Crippen LogP contribution in [0.2, 0.25) is 0 Å². The molecule has 0 aliphatic carbocycles. The topological polar surface area (TPSA) is 96.3 Å². The number of benzene rings is 1. The molecule has 0 aliphatic rings. The highest BCUT2D eigenvalue weighted by Gasteiger charge is 2.14. The van der Waals surface area contributed by atoms with E-state index in [9.17, 15) is 4.79 Å². The third-order valence-electron chi connectivity index (χ3n) is 5.13. The highest BCUT2D eigenvalue weighted by molar-refractivity contribution is 6.02. The van der Waals surface area contributed by atoms with Crippen LogP contribution in [-0.2, 0) is 19.7 Å². The first-order valence-corrected chi connectivity index (χ1v) is 10.8. The first-order chi connectivity index (χ1) is 16.1. The van der Waals surface area contributed by atoms with Gasteiger partial charge in [0.15, 0.2) is 5.76 Å². The predicted molar refractivity (Wildman–Crippen MR) is 123 cm³/mol. The number of hydrogen-bond acceptors (Lipinski definition) is 6. The summed E-state index contributed by atoms with van der Waals surface area (Å²) in [6.07, 6.45) is 5.23. The molecule has 1 N–H and O–H groups in total. The molecule has 0 bridgehead atoms. The minimum absolute atomic E-state index is 0.202. The quantitative estimate of drug-likeness (QED) is 0.388. The zero-order chi connectivity index (χ0) is 23.2. The van der Waals surface area contributed by atoms with Crippen LogP contribution in [0.5, 0.6) is 11.5 Å². The van der Waals surface area contributed by atoms with E-state index in [0.717, 1.165) is 23.6 Å². The molecule has 0 aliphatic heterocycles. The molecule has 0 radical (unpaired) electrons. The number of anilines is 1. The Morgan fingerprint density at radius 1 is 1.03 bits per heavy atom. The molecule has 0 unspecified atom stereocenters. The van der Waals surface area contributed by atoms with E-state index in [1.54, 1.807) is 29.2 Å². The van der Waals surface area contributed by atoms with Crippen molar-refractivity contribution in [2.75, 3.05) is 11.9 Å². The molecule has 9 nitrogen and oxygen atoms in total. The van der Waals surface area contributed by atoms with E-state index >= 15 is 0 Å². The van der Waals surface area contributed by atoms with Crippen molar-refractivity contribution < 1.29 is 18.7 Å². The molecular weight excluding hydrogens is 422 g/mol. The van der Waals surface area contributed by atoms with Gasteiger partial charge in [-0.25, -0.2) is 0 Å². The monoisotopic (exact) mass is 449 g/mol. The smallest absolute Gasteiger partial charge is 0.291 e. The van der Waals surface area contributed by atoms with Gasteiger partial charge in [0.25, 0.3) is 5.91 Å². The first kappa shape index (κ1) is 22.2. The highest BCUT2D eigenvalue weighted by atomic mass is 16.5. The average Bonchev–Trinajstić information content (AvgIpc) is 3.55. The molecule has 4 rings (SSSR count). The van der Waals surface area contributed by atoms with E-state index < -0.39 is 0 Å². The molecule has 0 saturated carbocycles. The number of furan rings is 1. The molecule has 0 spiro atoms. The summed E-state index contributed by atoms with van der Waals surface area (Å²) in [5.74, 6) is 1.88. The van der Waals surface area contributed by atoms with Gasteiger partial charge in [0, 0.05) is 24.0 Å². The van der Waals surface area contributed by atoms with E-state index in [0.29, 0.717) is 30.3 Å². The van der Waals surface area contributed by atoms with Gasteiger partial charge in [-0.05, 0) is 57.2 Å². The fourth-order valence-corrected chi connectivity index (χ4v) is 3.37. The zero-order valence-electron chi connectivity index (χ0n) is 18.9. The van der Waals surface area contributed by atoms with Crippen molar-refractivity contribution in [1.82, 2.24) is 19.6 Å². The van der Waals surface area contributed by atoms with Crippen LogP contribution in [0.4, 0.5) is 5.69 Å². The van der Waals surface area contributed by atoms with E-state index in [-0.39, 0.29) is 18.3 Å². The largest absolute Gasteiger partial charge is 0.494 e. The molecule has 0 fully saturated rings. The van der Waals surface area contributed by atoms with E-state index in [1.807, 2.05) is 49.0 Å². The second-order valence-electron chi connectivity index (χ2n) is 7.41. The summed E-state index contributed by atoms with van der Waals surface area (Å²) in [5, 5.41) is 11.5. The summed E-state index contributed by atoms with van der Waals surface area (Å²) < 4.78 is 20.5. The third kappa shape index (κ3) is 5.43. The van der Waals surface area contributed by atoms with Gasteiger partial charge in [-0.3, -0.25) is 14.2 Å². The summed E-state index contributed by atoms with van der Waals surface area (Å²) in [7, 11) is 0. The first-order valence-electron chi connectivity index (χ1n) is 10.8. The SMILES string of the molecule is CCOc1ccc(OCc2ccc(C(=O)Nc3cnn(Cc4cnn(CC)c4C)c3)o2)cc1. The fraction of sp³-hybridized carbons (Fsp3) is 0.292. The average molecular weight is 450 g/mol. The molecule has 9 heteroatoms. The van der Waals surface area contributed by atoms with Gasteiger partial charge in [-0.1, -0.05) is 0 Å². The van der Waals surface area contributed by atoms with Gasteiger partial charge in [-0.15, -0.1) is 0 Å². The normalized spacial score (nSPS) is 10.9. The summed E-state index contributed by atoms with van der Waals surface area (Å²) >= 11 is 0. The van der Waals surface area contributed by atoms with Crippen LogP contribution >= 0.6 is 0 Å². The van der Waals surface area contributed by atoms with E-state index in [1.165, 1.54) is 0 Å². The van der Waals surface area contributed by atoms with Crippen LogP contribution in [0.25, 0.3) is 0 Å². The third-order valence-corrected chi connectivity index (χ3v) is 5.13. The molecule has 1 amide bonds. The number of ether oxygens (including phenoxy) is 2. The molecule has 4 aromatic rings. The number of nitrogens with one attached hydrogen (secondary N) is 1. The fourth-order valence-electron chi connectivity index (χ4n) is 3.37. The molecular formula is C24H27N5O4. The maximum Gasteiger partial charge on any atom is 0.291 e. The van der Waals surface area contributed by atoms with Crippen LogP contribution in [0.3, 0.4) is 0 Å². The predicted octanol–water partition coefficient (Wildman–Crippen LogP) is 4.28. The van der Waals surface area contributed by atoms with Gasteiger partial charge in [0.1, 0.15) is 23.9 Å². The standard InChI is InChI=1S/C24H27N5O4/c1-4-29-17(3)18(12-26-29)14-28-15-19(13-25-28)27-24(30)23-11-10-22(33-23)16-32-21-8-6-20(7-9-21)31-5-2/h6-13,15H,4-5,14,16H2,1-3H3,(H,27,30). The van der Waals surface area contributed by atoms with Crippen molar-refractivity contribution in [1.29, 1.82) is 0 Å². The zero-order valence-corrected chi connectivity index (χ0v) is 18.9. The number of carbonyl (C=O) groups excluding carboxylic acids is 1. The number of amides is 1. The summed E-state index contributed by atoms with van der Waals surface area (Å²) in [6.45, 7) is 8.25. The van der Waals surface area contributed by atoms with Crippen LogP contribution in [-0.4, -0.2) is 32.1 Å². The van der Waals surface area contributed by atoms with Crippen LogP contribution in [0.15, 0.2) is 59.4 Å². The second kappa shape index (κ2) is 10.1. The number of aryl methyl sites for hydroxylation is 1. The van der Waals surface area contributed by atoms with Crippen molar-refractivity contribution >= 4 is 11.6 Å². The second-order valence-corrected chi connectivity index (χ2v) is 7.41. The minimum atomic E-state index is -0.350. The molecule has 172 valence electrons. The number of carbonyl (C=O) groups is 1. The van der Waals surface area contributed by atoms with Gasteiger partial charge < -0.3 is 19.2 Å². The van der Waals surface area contributed by atoms with Crippen LogP contribution < -0.4 is 14.8 Å². The highest BCUT2D eigenvalue weighted by Crippen LogP contribution is 2.20. The van der Waals surface area contributed by atoms with Crippen molar-refractivity contribution in [3.8, 4) is 11.5 Å². The maximum absolute atomic E-state index is 12.6. The van der Waals surface area contributed by atoms with Gasteiger partial charge in [0.2, 0.25) is 0 Å². The number of aromatic nitrogens is 4. The molecule has 1 aromatic carbocycles. The Kier molecular flexibility index (Phi) is 6.77. The lowest BCUT2D eigenvalue weighted by atomic mass is 10.2. The molecule has 3 aromatic heterocycles. The molecule has 0 saturated heterocycles. The van der Waals surface area contributed by atoms with Crippen LogP contribution in [0.1, 0.15) is 41.4 Å². The summed E-state index contributed by atoms with van der Waals surface area (Å²) in [4.78, 5) is 12.6. The molecule has 0 atom stereocenters. The Morgan fingerprint density at radius 2 is 1.79 bits per heavy atom.